The molecule has 1 heterocycles. The lowest BCUT2D eigenvalue weighted by Gasteiger charge is -2.32. The average Bonchev–Trinajstić information content (AvgIpc) is 2.66. The van der Waals surface area contributed by atoms with Crippen molar-refractivity contribution in [3.63, 3.8) is 0 Å². The van der Waals surface area contributed by atoms with Crippen LogP contribution in [-0.2, 0) is 16.6 Å². The van der Waals surface area contributed by atoms with Crippen molar-refractivity contribution in [2.45, 2.75) is 50.7 Å². The molecular formula is C12H22N4O2S. The maximum absolute atomic E-state index is 12.1. The van der Waals surface area contributed by atoms with Crippen LogP contribution in [0.2, 0.25) is 0 Å². The molecule has 0 atom stereocenters. The van der Waals surface area contributed by atoms with E-state index in [4.69, 9.17) is 5.73 Å². The molecule has 0 bridgehead atoms. The molecule has 0 unspecified atom stereocenters. The molecule has 2 rings (SSSR count). The number of sulfonamides is 1. The summed E-state index contributed by atoms with van der Waals surface area (Å²) >= 11 is 0. The number of rotatable bonds is 6. The van der Waals surface area contributed by atoms with Crippen LogP contribution in [-0.4, -0.2) is 30.6 Å². The Labute approximate surface area is 114 Å². The van der Waals surface area contributed by atoms with Crippen molar-refractivity contribution in [2.75, 3.05) is 6.54 Å². The molecule has 1 aromatic rings. The lowest BCUT2D eigenvalue weighted by atomic mass is 9.81. The quantitative estimate of drug-likeness (QED) is 0.802. The summed E-state index contributed by atoms with van der Waals surface area (Å²) in [5.41, 5.74) is 5.68. The Kier molecular flexibility index (Phi) is 4.27. The minimum Gasteiger partial charge on any atom is -0.334 e. The second-order valence-corrected chi connectivity index (χ2v) is 6.98. The van der Waals surface area contributed by atoms with Crippen LogP contribution >= 0.6 is 0 Å². The molecule has 19 heavy (non-hydrogen) atoms. The standard InChI is InChI=1S/C12H22N4O2S/c1-3-4-16-8-12(15-9(16)2)19(17,18)14-7-10-5-11(13)6-10/h8,10-11,14H,3-7,13H2,1-2H3. The van der Waals surface area contributed by atoms with E-state index in [1.54, 1.807) is 6.20 Å². The molecule has 1 fully saturated rings. The van der Waals surface area contributed by atoms with Gasteiger partial charge in [-0.1, -0.05) is 6.92 Å². The Morgan fingerprint density at radius 2 is 2.21 bits per heavy atom. The van der Waals surface area contributed by atoms with Crippen LogP contribution in [0.25, 0.3) is 0 Å². The van der Waals surface area contributed by atoms with E-state index >= 15 is 0 Å². The fourth-order valence-corrected chi connectivity index (χ4v) is 3.45. The molecule has 0 saturated heterocycles. The summed E-state index contributed by atoms with van der Waals surface area (Å²) in [6.07, 6.45) is 4.34. The highest BCUT2D eigenvalue weighted by Crippen LogP contribution is 2.25. The molecule has 0 spiro atoms. The fourth-order valence-electron chi connectivity index (χ4n) is 2.33. The normalized spacial score (nSPS) is 23.3. The van der Waals surface area contributed by atoms with Gasteiger partial charge in [0.25, 0.3) is 10.0 Å². The van der Waals surface area contributed by atoms with Gasteiger partial charge >= 0.3 is 0 Å². The summed E-state index contributed by atoms with van der Waals surface area (Å²) in [5.74, 6) is 1.09. The van der Waals surface area contributed by atoms with Gasteiger partial charge in [-0.15, -0.1) is 0 Å². The topological polar surface area (TPSA) is 90.0 Å². The van der Waals surface area contributed by atoms with Crippen molar-refractivity contribution in [1.29, 1.82) is 0 Å². The van der Waals surface area contributed by atoms with E-state index in [1.165, 1.54) is 0 Å². The predicted octanol–water partition coefficient (Wildman–Crippen LogP) is 0.617. The Balaban J connectivity index is 2.00. The van der Waals surface area contributed by atoms with Gasteiger partial charge in [0.1, 0.15) is 5.82 Å². The van der Waals surface area contributed by atoms with Crippen molar-refractivity contribution < 1.29 is 8.42 Å². The molecule has 1 aliphatic carbocycles. The summed E-state index contributed by atoms with van der Waals surface area (Å²) in [6, 6.07) is 0.237. The highest BCUT2D eigenvalue weighted by atomic mass is 32.2. The van der Waals surface area contributed by atoms with Gasteiger partial charge in [-0.3, -0.25) is 0 Å². The van der Waals surface area contributed by atoms with Crippen molar-refractivity contribution in [3.05, 3.63) is 12.0 Å². The van der Waals surface area contributed by atoms with Crippen LogP contribution < -0.4 is 10.5 Å². The Hall–Kier alpha value is -0.920. The summed E-state index contributed by atoms with van der Waals surface area (Å²) in [6.45, 7) is 5.10. The second-order valence-electron chi connectivity index (χ2n) is 5.27. The zero-order valence-electron chi connectivity index (χ0n) is 11.5. The molecule has 3 N–H and O–H groups in total. The van der Waals surface area contributed by atoms with Gasteiger partial charge in [0, 0.05) is 25.3 Å². The van der Waals surface area contributed by atoms with E-state index in [-0.39, 0.29) is 11.1 Å². The highest BCUT2D eigenvalue weighted by Gasteiger charge is 2.28. The largest absolute Gasteiger partial charge is 0.334 e. The van der Waals surface area contributed by atoms with Gasteiger partial charge in [0.15, 0.2) is 5.03 Å². The zero-order chi connectivity index (χ0) is 14.0. The molecule has 7 heteroatoms. The molecule has 0 amide bonds. The molecule has 108 valence electrons. The maximum atomic E-state index is 12.1. The Morgan fingerprint density at radius 3 is 2.79 bits per heavy atom. The first-order valence-electron chi connectivity index (χ1n) is 6.71. The number of hydrogen-bond acceptors (Lipinski definition) is 4. The van der Waals surface area contributed by atoms with Crippen LogP contribution in [0.5, 0.6) is 0 Å². The van der Waals surface area contributed by atoms with Gasteiger partial charge < -0.3 is 10.3 Å². The fraction of sp³-hybridized carbons (Fsp3) is 0.750. The third-order valence-corrected chi connectivity index (χ3v) is 4.82. The third-order valence-electron chi connectivity index (χ3n) is 3.53. The van der Waals surface area contributed by atoms with Crippen molar-refractivity contribution in [3.8, 4) is 0 Å². The molecule has 1 saturated carbocycles. The smallest absolute Gasteiger partial charge is 0.259 e. The number of nitrogens with two attached hydrogens (primary N) is 1. The highest BCUT2D eigenvalue weighted by molar-refractivity contribution is 7.89. The molecule has 1 aliphatic rings. The molecule has 0 radical (unpaired) electrons. The second kappa shape index (κ2) is 5.60. The molecule has 6 nitrogen and oxygen atoms in total. The van der Waals surface area contributed by atoms with E-state index in [0.717, 1.165) is 31.6 Å². The molecule has 0 aromatic carbocycles. The Morgan fingerprint density at radius 1 is 1.53 bits per heavy atom. The summed E-state index contributed by atoms with van der Waals surface area (Å²) in [4.78, 5) is 4.13. The van der Waals surface area contributed by atoms with E-state index in [0.29, 0.717) is 12.5 Å². The minimum absolute atomic E-state index is 0.113. The van der Waals surface area contributed by atoms with Gasteiger partial charge in [-0.25, -0.2) is 18.1 Å². The molecule has 0 aliphatic heterocycles. The van der Waals surface area contributed by atoms with E-state index in [1.807, 2.05) is 18.4 Å². The van der Waals surface area contributed by atoms with Crippen molar-refractivity contribution >= 4 is 10.0 Å². The zero-order valence-corrected chi connectivity index (χ0v) is 12.3. The molecular weight excluding hydrogens is 264 g/mol. The van der Waals surface area contributed by atoms with Crippen LogP contribution in [0.4, 0.5) is 0 Å². The lowest BCUT2D eigenvalue weighted by molar-refractivity contribution is 0.267. The lowest BCUT2D eigenvalue weighted by Crippen LogP contribution is -2.42. The monoisotopic (exact) mass is 286 g/mol. The average molecular weight is 286 g/mol. The predicted molar refractivity (Wildman–Crippen MR) is 73.1 cm³/mol. The van der Waals surface area contributed by atoms with E-state index < -0.39 is 10.0 Å². The SMILES string of the molecule is CCCn1cc(S(=O)(=O)NCC2CC(N)C2)nc1C. The number of imidazole rings is 1. The van der Waals surface area contributed by atoms with E-state index in [2.05, 4.69) is 9.71 Å². The first-order chi connectivity index (χ1) is 8.92. The summed E-state index contributed by atoms with van der Waals surface area (Å²) < 4.78 is 28.7. The van der Waals surface area contributed by atoms with Crippen LogP contribution in [0.3, 0.4) is 0 Å². The van der Waals surface area contributed by atoms with Gasteiger partial charge in [-0.2, -0.15) is 0 Å². The van der Waals surface area contributed by atoms with Gasteiger partial charge in [0.2, 0.25) is 0 Å². The number of hydrogen-bond donors (Lipinski definition) is 2. The van der Waals surface area contributed by atoms with Crippen LogP contribution in [0, 0.1) is 12.8 Å². The molecule has 1 aromatic heterocycles. The van der Waals surface area contributed by atoms with E-state index in [9.17, 15) is 8.42 Å². The number of aromatic nitrogens is 2. The minimum atomic E-state index is -3.49. The first-order valence-corrected chi connectivity index (χ1v) is 8.19. The van der Waals surface area contributed by atoms with Gasteiger partial charge in [-0.05, 0) is 32.1 Å². The van der Waals surface area contributed by atoms with Crippen LogP contribution in [0.15, 0.2) is 11.2 Å². The number of nitrogens with zero attached hydrogens (tertiary/aromatic N) is 2. The summed E-state index contributed by atoms with van der Waals surface area (Å²) in [7, 11) is -3.49. The third kappa shape index (κ3) is 3.34. The van der Waals surface area contributed by atoms with Crippen molar-refractivity contribution in [2.24, 2.45) is 11.7 Å². The maximum Gasteiger partial charge on any atom is 0.259 e. The van der Waals surface area contributed by atoms with Crippen molar-refractivity contribution in [1.82, 2.24) is 14.3 Å². The first kappa shape index (κ1) is 14.5. The number of nitrogens with one attached hydrogen (secondary N) is 1. The number of aryl methyl sites for hydroxylation is 2. The van der Waals surface area contributed by atoms with Crippen LogP contribution in [0.1, 0.15) is 32.0 Å². The Bertz CT molecular complexity index is 532. The van der Waals surface area contributed by atoms with Gasteiger partial charge in [0.05, 0.1) is 0 Å². The summed E-state index contributed by atoms with van der Waals surface area (Å²) in [5, 5.41) is 0.113.